The molecule has 1 atom stereocenters. The number of carbonyl (C=O) groups is 2. The molecule has 100 valence electrons. The summed E-state index contributed by atoms with van der Waals surface area (Å²) >= 11 is 0. The second-order valence-corrected chi connectivity index (χ2v) is 6.41. The highest BCUT2D eigenvalue weighted by atomic mass is 16.6. The predicted octanol–water partition coefficient (Wildman–Crippen LogP) is 2.76. The fourth-order valence-corrected chi connectivity index (χ4v) is 1.56. The highest BCUT2D eigenvalue weighted by molar-refractivity contribution is 5.80. The molecular formula is C13H25NO3. The van der Waals surface area contributed by atoms with Crippen LogP contribution in [0.1, 0.15) is 48.5 Å². The van der Waals surface area contributed by atoms with Crippen LogP contribution in [0.15, 0.2) is 0 Å². The Labute approximate surface area is 104 Å². The van der Waals surface area contributed by atoms with Crippen molar-refractivity contribution in [1.29, 1.82) is 0 Å². The first-order valence-corrected chi connectivity index (χ1v) is 5.91. The van der Waals surface area contributed by atoms with E-state index >= 15 is 0 Å². The maximum atomic E-state index is 11.5. The van der Waals surface area contributed by atoms with Crippen LogP contribution >= 0.6 is 0 Å². The van der Waals surface area contributed by atoms with Crippen LogP contribution in [0.25, 0.3) is 0 Å². The van der Waals surface area contributed by atoms with E-state index < -0.39 is 11.7 Å². The fourth-order valence-electron chi connectivity index (χ4n) is 1.56. The molecule has 0 aliphatic rings. The Balaban J connectivity index is 4.34. The number of alkyl carbamates (subject to hydrolysis) is 1. The van der Waals surface area contributed by atoms with Crippen molar-refractivity contribution in [3.05, 3.63) is 0 Å². The summed E-state index contributed by atoms with van der Waals surface area (Å²) in [4.78, 5) is 23.0. The van der Waals surface area contributed by atoms with E-state index in [0.717, 1.165) is 0 Å². The van der Waals surface area contributed by atoms with Gasteiger partial charge in [-0.3, -0.25) is 4.79 Å². The molecule has 17 heavy (non-hydrogen) atoms. The zero-order valence-electron chi connectivity index (χ0n) is 12.0. The van der Waals surface area contributed by atoms with Gasteiger partial charge in [-0.15, -0.1) is 0 Å². The van der Waals surface area contributed by atoms with E-state index in [1.165, 1.54) is 0 Å². The first kappa shape index (κ1) is 15.9. The highest BCUT2D eigenvalue weighted by Gasteiger charge is 2.29. The molecule has 0 aromatic rings. The van der Waals surface area contributed by atoms with Gasteiger partial charge in [-0.05, 0) is 33.1 Å². The number of carbonyl (C=O) groups excluding carboxylic acids is 2. The SMILES string of the molecule is CC(=O)[C@@H](CNC(=O)OC(C)(C)C)C(C)(C)C. The first-order valence-electron chi connectivity index (χ1n) is 5.91. The molecule has 0 aromatic heterocycles. The minimum atomic E-state index is -0.516. The van der Waals surface area contributed by atoms with Crippen molar-refractivity contribution in [2.75, 3.05) is 6.54 Å². The molecule has 0 heterocycles. The van der Waals surface area contributed by atoms with E-state index in [9.17, 15) is 9.59 Å². The summed E-state index contributed by atoms with van der Waals surface area (Å²) in [6.45, 7) is 13.2. The van der Waals surface area contributed by atoms with Crippen LogP contribution in [0, 0.1) is 11.3 Å². The van der Waals surface area contributed by atoms with Gasteiger partial charge in [-0.1, -0.05) is 20.8 Å². The average Bonchev–Trinajstić information content (AvgIpc) is 1.96. The van der Waals surface area contributed by atoms with Crippen molar-refractivity contribution in [1.82, 2.24) is 5.32 Å². The molecule has 0 saturated heterocycles. The van der Waals surface area contributed by atoms with E-state index in [1.54, 1.807) is 27.7 Å². The fraction of sp³-hybridized carbons (Fsp3) is 0.846. The van der Waals surface area contributed by atoms with Gasteiger partial charge >= 0.3 is 6.09 Å². The summed E-state index contributed by atoms with van der Waals surface area (Å²) in [5, 5.41) is 2.65. The Bertz CT molecular complexity index is 284. The zero-order valence-corrected chi connectivity index (χ0v) is 12.0. The Hall–Kier alpha value is -1.06. The Morgan fingerprint density at radius 3 is 1.88 bits per heavy atom. The molecule has 0 radical (unpaired) electrons. The molecule has 1 N–H and O–H groups in total. The summed E-state index contributed by atoms with van der Waals surface area (Å²) in [7, 11) is 0. The zero-order chi connectivity index (χ0) is 13.9. The number of nitrogens with one attached hydrogen (secondary N) is 1. The Morgan fingerprint density at radius 1 is 1.12 bits per heavy atom. The quantitative estimate of drug-likeness (QED) is 0.829. The van der Waals surface area contributed by atoms with Crippen LogP contribution in [0.4, 0.5) is 4.79 Å². The average molecular weight is 243 g/mol. The maximum Gasteiger partial charge on any atom is 0.407 e. The van der Waals surface area contributed by atoms with Crippen molar-refractivity contribution in [2.24, 2.45) is 11.3 Å². The molecule has 4 heteroatoms. The second-order valence-electron chi connectivity index (χ2n) is 6.41. The third-order valence-corrected chi connectivity index (χ3v) is 2.39. The topological polar surface area (TPSA) is 55.4 Å². The first-order chi connectivity index (χ1) is 7.43. The number of Topliss-reactive ketones (excluding diaryl/α,β-unsaturated/α-hetero) is 1. The van der Waals surface area contributed by atoms with Crippen molar-refractivity contribution < 1.29 is 14.3 Å². The van der Waals surface area contributed by atoms with E-state index in [4.69, 9.17) is 4.74 Å². The van der Waals surface area contributed by atoms with Crippen molar-refractivity contribution in [3.8, 4) is 0 Å². The third-order valence-electron chi connectivity index (χ3n) is 2.39. The largest absolute Gasteiger partial charge is 0.444 e. The van der Waals surface area contributed by atoms with Gasteiger partial charge in [-0.25, -0.2) is 4.79 Å². The number of ketones is 1. The number of ether oxygens (including phenoxy) is 1. The summed E-state index contributed by atoms with van der Waals surface area (Å²) in [6, 6.07) is 0. The molecule has 0 aliphatic heterocycles. The standard InChI is InChI=1S/C13H25NO3/c1-9(15)10(12(2,3)4)8-14-11(16)17-13(5,6)7/h10H,8H2,1-7H3,(H,14,16)/t10-/m1/s1. The van der Waals surface area contributed by atoms with Gasteiger partial charge in [0.25, 0.3) is 0 Å². The molecule has 0 saturated carbocycles. The Morgan fingerprint density at radius 2 is 1.59 bits per heavy atom. The molecule has 1 amide bonds. The number of amides is 1. The van der Waals surface area contributed by atoms with Gasteiger partial charge in [-0.2, -0.15) is 0 Å². The number of rotatable bonds is 3. The lowest BCUT2D eigenvalue weighted by molar-refractivity contribution is -0.123. The molecule has 0 aliphatic carbocycles. The predicted molar refractivity (Wildman–Crippen MR) is 67.9 cm³/mol. The molecule has 0 fully saturated rings. The molecule has 0 bridgehead atoms. The summed E-state index contributed by atoms with van der Waals surface area (Å²) < 4.78 is 5.12. The minimum Gasteiger partial charge on any atom is -0.444 e. The van der Waals surface area contributed by atoms with Gasteiger partial charge in [0, 0.05) is 12.5 Å². The third kappa shape index (κ3) is 6.97. The summed E-state index contributed by atoms with van der Waals surface area (Å²) in [5.41, 5.74) is -0.682. The van der Waals surface area contributed by atoms with E-state index in [-0.39, 0.29) is 17.1 Å². The number of hydrogen-bond acceptors (Lipinski definition) is 3. The van der Waals surface area contributed by atoms with Crippen LogP contribution < -0.4 is 5.32 Å². The van der Waals surface area contributed by atoms with Gasteiger partial charge < -0.3 is 10.1 Å². The smallest absolute Gasteiger partial charge is 0.407 e. The van der Waals surface area contributed by atoms with E-state index in [1.807, 2.05) is 20.8 Å². The molecule has 0 spiro atoms. The highest BCUT2D eigenvalue weighted by Crippen LogP contribution is 2.26. The number of hydrogen-bond donors (Lipinski definition) is 1. The molecule has 0 unspecified atom stereocenters. The maximum absolute atomic E-state index is 11.5. The van der Waals surface area contributed by atoms with Crippen molar-refractivity contribution in [3.63, 3.8) is 0 Å². The van der Waals surface area contributed by atoms with Gasteiger partial charge in [0.05, 0.1) is 0 Å². The van der Waals surface area contributed by atoms with Crippen molar-refractivity contribution >= 4 is 11.9 Å². The lowest BCUT2D eigenvalue weighted by Crippen LogP contribution is -2.41. The second kappa shape index (κ2) is 5.52. The van der Waals surface area contributed by atoms with Gasteiger partial charge in [0.1, 0.15) is 11.4 Å². The molecule has 0 rings (SSSR count). The molecule has 0 aromatic carbocycles. The monoisotopic (exact) mass is 243 g/mol. The van der Waals surface area contributed by atoms with Crippen LogP contribution in [0.3, 0.4) is 0 Å². The lowest BCUT2D eigenvalue weighted by atomic mass is 9.78. The molecular weight excluding hydrogens is 218 g/mol. The van der Waals surface area contributed by atoms with E-state index in [0.29, 0.717) is 6.54 Å². The van der Waals surface area contributed by atoms with Crippen LogP contribution in [-0.2, 0) is 9.53 Å². The molecule has 4 nitrogen and oxygen atoms in total. The normalized spacial score (nSPS) is 14.1. The summed E-state index contributed by atoms with van der Waals surface area (Å²) in [6.07, 6.45) is -0.479. The minimum absolute atomic E-state index is 0.0774. The van der Waals surface area contributed by atoms with Gasteiger partial charge in [0.15, 0.2) is 0 Å². The van der Waals surface area contributed by atoms with Crippen LogP contribution in [0.5, 0.6) is 0 Å². The van der Waals surface area contributed by atoms with Gasteiger partial charge in [0.2, 0.25) is 0 Å². The van der Waals surface area contributed by atoms with Crippen LogP contribution in [-0.4, -0.2) is 24.0 Å². The Kier molecular flexibility index (Phi) is 5.17. The summed E-state index contributed by atoms with van der Waals surface area (Å²) in [5.74, 6) is -0.122. The van der Waals surface area contributed by atoms with E-state index in [2.05, 4.69) is 5.32 Å². The van der Waals surface area contributed by atoms with Crippen LogP contribution in [0.2, 0.25) is 0 Å². The lowest BCUT2D eigenvalue weighted by Gasteiger charge is -2.29. The van der Waals surface area contributed by atoms with Crippen molar-refractivity contribution in [2.45, 2.75) is 54.1 Å².